The third-order valence-electron chi connectivity index (χ3n) is 13.2. The molecule has 1 saturated heterocycles. The van der Waals surface area contributed by atoms with Crippen molar-refractivity contribution in [1.82, 2.24) is 5.32 Å². The highest BCUT2D eigenvalue weighted by Gasteiger charge is 2.47. The lowest BCUT2D eigenvalue weighted by molar-refractivity contribution is -0.305. The molecular formula is C66H107NO10. The number of aliphatic hydroxyl groups is 5. The maximum Gasteiger partial charge on any atom is 0.306 e. The lowest BCUT2D eigenvalue weighted by Crippen LogP contribution is -2.61. The Balaban J connectivity index is 2.79. The van der Waals surface area contributed by atoms with Crippen LogP contribution in [0.2, 0.25) is 0 Å². The first-order chi connectivity index (χ1) is 37.7. The third-order valence-corrected chi connectivity index (χ3v) is 13.2. The fourth-order valence-corrected chi connectivity index (χ4v) is 8.43. The number of hydrogen-bond donors (Lipinski definition) is 6. The van der Waals surface area contributed by atoms with Gasteiger partial charge in [-0.3, -0.25) is 9.59 Å². The van der Waals surface area contributed by atoms with E-state index in [1.807, 2.05) is 72.9 Å². The van der Waals surface area contributed by atoms with Gasteiger partial charge in [0.05, 0.1) is 25.4 Å². The van der Waals surface area contributed by atoms with Crippen molar-refractivity contribution in [2.24, 2.45) is 0 Å². The standard InChI is InChI=1S/C66H107NO10/c1-4-7-10-13-16-19-22-25-27-29-30-31-33-36-39-42-45-48-51-54-61(71)77-64-63(73)62(72)60(55-68)76-66(64)75-56-57(58(69)52-49-46-43-40-37-34-24-21-18-15-12-9-6-3)67-65(74)59(70)53-50-47-44-41-38-35-32-28-26-23-20-17-14-11-8-5-2/h8,11,14,16-17,19-20,23,25-28,30-32,35-36,38-39,41,49,52,57-60,62-64,66,68-70,72-73H,4-7,9-10,12-13,15,18,21-22,24,29,33-34,37,40,42-48,50-51,53-56H2,1-3H3,(H,67,74)/b11-8-,17-14+,19-16-,23-20+,27-25-,28-26-,31-30-,35-32+,39-36-,41-38+,52-49+. The summed E-state index contributed by atoms with van der Waals surface area (Å²) in [6.45, 7) is 5.55. The summed E-state index contributed by atoms with van der Waals surface area (Å²) in [7, 11) is 0. The monoisotopic (exact) mass is 1070 g/mol. The minimum absolute atomic E-state index is 0.0719. The van der Waals surface area contributed by atoms with Gasteiger partial charge in [-0.05, 0) is 89.9 Å². The lowest BCUT2D eigenvalue weighted by Gasteiger charge is -2.41. The Morgan fingerprint density at radius 3 is 1.55 bits per heavy atom. The molecule has 1 amide bonds. The molecule has 0 bridgehead atoms. The second kappa shape index (κ2) is 52.5. The highest BCUT2D eigenvalue weighted by Crippen LogP contribution is 2.26. The number of esters is 1. The van der Waals surface area contributed by atoms with Crippen molar-refractivity contribution >= 4 is 11.9 Å². The Hall–Kier alpha value is -4.20. The predicted octanol–water partition coefficient (Wildman–Crippen LogP) is 14.1. The Morgan fingerprint density at radius 1 is 0.532 bits per heavy atom. The van der Waals surface area contributed by atoms with Crippen molar-refractivity contribution in [3.05, 3.63) is 134 Å². The molecular weight excluding hydrogens is 967 g/mol. The van der Waals surface area contributed by atoms with Crippen molar-refractivity contribution in [3.63, 3.8) is 0 Å². The number of hydrogen-bond acceptors (Lipinski definition) is 10. The Labute approximate surface area is 467 Å². The number of carbonyl (C=O) groups is 2. The van der Waals surface area contributed by atoms with Gasteiger partial charge in [-0.2, -0.15) is 0 Å². The topological polar surface area (TPSA) is 175 Å². The minimum atomic E-state index is -1.64. The fourth-order valence-electron chi connectivity index (χ4n) is 8.43. The number of aliphatic hydroxyl groups excluding tert-OH is 5. The number of ether oxygens (including phenoxy) is 3. The molecule has 0 aliphatic carbocycles. The molecule has 1 aliphatic rings. The molecule has 8 unspecified atom stereocenters. The second-order valence-electron chi connectivity index (χ2n) is 20.1. The van der Waals surface area contributed by atoms with Crippen LogP contribution < -0.4 is 5.32 Å². The van der Waals surface area contributed by atoms with Gasteiger partial charge < -0.3 is 45.1 Å². The molecule has 11 nitrogen and oxygen atoms in total. The third kappa shape index (κ3) is 40.6. The van der Waals surface area contributed by atoms with Crippen LogP contribution >= 0.6 is 0 Å². The molecule has 8 atom stereocenters. The Bertz CT molecular complexity index is 1760. The van der Waals surface area contributed by atoms with Crippen LogP contribution in [0, 0.1) is 0 Å². The SMILES string of the molecule is CC\C=C/C=C/C=C/C=C\C=C\C=C\CCCCC(O)C(=O)NC(COC1OC(CO)C(O)C(O)C1OC(=O)CCCCC/C=C\C/C=C\C/C=C\C/C=C\CCCCC)C(O)/C=C/CCCCCCCCCCCCC. The first-order valence-corrected chi connectivity index (χ1v) is 30.0. The highest BCUT2D eigenvalue weighted by atomic mass is 16.7. The number of rotatable bonds is 48. The number of carbonyl (C=O) groups excluding carboxylic acids is 2. The van der Waals surface area contributed by atoms with Crippen LogP contribution in [-0.2, 0) is 23.8 Å². The number of unbranched alkanes of at least 4 members (excludes halogenated alkanes) is 19. The van der Waals surface area contributed by atoms with Gasteiger partial charge in [0.15, 0.2) is 12.4 Å². The molecule has 1 aliphatic heterocycles. The molecule has 1 rings (SSSR count). The average Bonchev–Trinajstić information content (AvgIpc) is 3.43. The van der Waals surface area contributed by atoms with E-state index in [1.165, 1.54) is 70.6 Å². The van der Waals surface area contributed by atoms with Crippen LogP contribution in [-0.4, -0.2) is 99.6 Å². The van der Waals surface area contributed by atoms with Gasteiger partial charge in [0.25, 0.3) is 0 Å². The average molecular weight is 1070 g/mol. The molecule has 1 heterocycles. The molecule has 11 heteroatoms. The molecule has 0 radical (unpaired) electrons. The van der Waals surface area contributed by atoms with Crippen molar-refractivity contribution in [1.29, 1.82) is 0 Å². The van der Waals surface area contributed by atoms with E-state index in [4.69, 9.17) is 14.2 Å². The molecule has 0 spiro atoms. The van der Waals surface area contributed by atoms with Crippen LogP contribution in [0.5, 0.6) is 0 Å². The van der Waals surface area contributed by atoms with Gasteiger partial charge in [-0.15, -0.1) is 0 Å². The largest absolute Gasteiger partial charge is 0.454 e. The second-order valence-corrected chi connectivity index (χ2v) is 20.1. The van der Waals surface area contributed by atoms with Crippen LogP contribution in [0.4, 0.5) is 0 Å². The Kier molecular flexibility index (Phi) is 48.3. The van der Waals surface area contributed by atoms with E-state index in [0.717, 1.165) is 89.9 Å². The van der Waals surface area contributed by atoms with E-state index in [0.29, 0.717) is 12.8 Å². The summed E-state index contributed by atoms with van der Waals surface area (Å²) in [6, 6.07) is -1.06. The van der Waals surface area contributed by atoms with Crippen LogP contribution in [0.15, 0.2) is 134 Å². The summed E-state index contributed by atoms with van der Waals surface area (Å²) in [5, 5.41) is 56.9. The number of allylic oxidation sites excluding steroid dienone is 21. The van der Waals surface area contributed by atoms with Crippen LogP contribution in [0.1, 0.15) is 207 Å². The van der Waals surface area contributed by atoms with E-state index < -0.39 is 67.4 Å². The summed E-state index contributed by atoms with van der Waals surface area (Å²) in [6.07, 6.45) is 63.4. The summed E-state index contributed by atoms with van der Waals surface area (Å²) < 4.78 is 17.5. The van der Waals surface area contributed by atoms with Crippen molar-refractivity contribution in [2.75, 3.05) is 13.2 Å². The van der Waals surface area contributed by atoms with Crippen molar-refractivity contribution in [3.8, 4) is 0 Å². The molecule has 77 heavy (non-hydrogen) atoms. The predicted molar refractivity (Wildman–Crippen MR) is 319 cm³/mol. The smallest absolute Gasteiger partial charge is 0.306 e. The molecule has 1 fully saturated rings. The van der Waals surface area contributed by atoms with E-state index in [2.05, 4.69) is 80.8 Å². The van der Waals surface area contributed by atoms with E-state index in [1.54, 1.807) is 6.08 Å². The quantitative estimate of drug-likeness (QED) is 0.0149. The highest BCUT2D eigenvalue weighted by molar-refractivity contribution is 5.80. The van der Waals surface area contributed by atoms with Crippen LogP contribution in [0.3, 0.4) is 0 Å². The maximum absolute atomic E-state index is 13.4. The molecule has 0 saturated carbocycles. The fraction of sp³-hybridized carbons (Fsp3) is 0.636. The minimum Gasteiger partial charge on any atom is -0.454 e. The number of nitrogens with one attached hydrogen (secondary N) is 1. The zero-order valence-electron chi connectivity index (χ0n) is 48.0. The van der Waals surface area contributed by atoms with Crippen LogP contribution in [0.25, 0.3) is 0 Å². The summed E-state index contributed by atoms with van der Waals surface area (Å²) >= 11 is 0. The van der Waals surface area contributed by atoms with Crippen molar-refractivity contribution in [2.45, 2.75) is 256 Å². The molecule has 436 valence electrons. The summed E-state index contributed by atoms with van der Waals surface area (Å²) in [5.41, 5.74) is 0. The van der Waals surface area contributed by atoms with Gasteiger partial charge in [0.2, 0.25) is 5.91 Å². The van der Waals surface area contributed by atoms with E-state index in [9.17, 15) is 35.1 Å². The van der Waals surface area contributed by atoms with Gasteiger partial charge in [0, 0.05) is 6.42 Å². The Morgan fingerprint density at radius 2 is 0.987 bits per heavy atom. The van der Waals surface area contributed by atoms with E-state index >= 15 is 0 Å². The maximum atomic E-state index is 13.4. The zero-order chi connectivity index (χ0) is 56.1. The first kappa shape index (κ1) is 70.8. The van der Waals surface area contributed by atoms with Gasteiger partial charge >= 0.3 is 5.97 Å². The molecule has 0 aromatic heterocycles. The molecule has 6 N–H and O–H groups in total. The van der Waals surface area contributed by atoms with Gasteiger partial charge in [0.1, 0.15) is 24.4 Å². The van der Waals surface area contributed by atoms with Gasteiger partial charge in [-0.25, -0.2) is 0 Å². The first-order valence-electron chi connectivity index (χ1n) is 30.0. The zero-order valence-corrected chi connectivity index (χ0v) is 48.0. The van der Waals surface area contributed by atoms with Gasteiger partial charge in [-0.1, -0.05) is 244 Å². The molecule has 0 aromatic carbocycles. The molecule has 0 aromatic rings. The number of amides is 1. The summed E-state index contributed by atoms with van der Waals surface area (Å²) in [4.78, 5) is 26.5. The van der Waals surface area contributed by atoms with Crippen molar-refractivity contribution < 1.29 is 49.3 Å². The summed E-state index contributed by atoms with van der Waals surface area (Å²) in [5.74, 6) is -1.29. The normalized spacial score (nSPS) is 20.0. The lowest BCUT2D eigenvalue weighted by atomic mass is 9.99. The van der Waals surface area contributed by atoms with E-state index in [-0.39, 0.29) is 19.4 Å².